The molecule has 0 N–H and O–H groups in total. The van der Waals surface area contributed by atoms with E-state index in [4.69, 9.17) is 0 Å². The van der Waals surface area contributed by atoms with Gasteiger partial charge >= 0.3 is 0 Å². The Morgan fingerprint density at radius 3 is 2.77 bits per heavy atom. The molecule has 66 valence electrons. The first kappa shape index (κ1) is 8.63. The number of pyridine rings is 1. The van der Waals surface area contributed by atoms with Gasteiger partial charge < -0.3 is 0 Å². The van der Waals surface area contributed by atoms with E-state index in [0.29, 0.717) is 5.39 Å². The summed E-state index contributed by atoms with van der Waals surface area (Å²) in [6.45, 7) is 1.92. The van der Waals surface area contributed by atoms with Gasteiger partial charge in [-0.15, -0.1) is 0 Å². The zero-order valence-electron chi connectivity index (χ0n) is 7.01. The third kappa shape index (κ3) is 1.44. The molecule has 0 spiro atoms. The maximum Gasteiger partial charge on any atom is 0.132 e. The summed E-state index contributed by atoms with van der Waals surface area (Å²) in [4.78, 5) is 4.21. The standard InChI is InChI=1S/C10H7BrFN/c1-6-2-4-8(12)7-3-5-9(11)13-10(6)7/h2-5H,1H3. The Balaban J connectivity index is 2.92. The van der Waals surface area contributed by atoms with Gasteiger partial charge in [0.25, 0.3) is 0 Å². The number of hydrogen-bond donors (Lipinski definition) is 0. The van der Waals surface area contributed by atoms with Gasteiger partial charge in [-0.25, -0.2) is 9.37 Å². The zero-order valence-corrected chi connectivity index (χ0v) is 8.60. The smallest absolute Gasteiger partial charge is 0.132 e. The van der Waals surface area contributed by atoms with Crippen LogP contribution in [-0.4, -0.2) is 4.98 Å². The Morgan fingerprint density at radius 1 is 1.23 bits per heavy atom. The molecule has 0 radical (unpaired) electrons. The van der Waals surface area contributed by atoms with Gasteiger partial charge in [0, 0.05) is 5.39 Å². The van der Waals surface area contributed by atoms with Gasteiger partial charge in [-0.05, 0) is 46.6 Å². The van der Waals surface area contributed by atoms with Crippen LogP contribution in [0.15, 0.2) is 28.9 Å². The van der Waals surface area contributed by atoms with Crippen molar-refractivity contribution < 1.29 is 4.39 Å². The normalized spacial score (nSPS) is 10.7. The summed E-state index contributed by atoms with van der Waals surface area (Å²) in [5, 5.41) is 0.572. The predicted octanol–water partition coefficient (Wildman–Crippen LogP) is 3.44. The summed E-state index contributed by atoms with van der Waals surface area (Å²) < 4.78 is 14.0. The van der Waals surface area contributed by atoms with Crippen molar-refractivity contribution in [2.75, 3.05) is 0 Å². The molecule has 0 unspecified atom stereocenters. The number of nitrogens with zero attached hydrogens (tertiary/aromatic N) is 1. The second-order valence-electron chi connectivity index (χ2n) is 2.89. The number of rotatable bonds is 0. The largest absolute Gasteiger partial charge is 0.241 e. The Bertz CT molecular complexity index is 468. The molecule has 0 aliphatic carbocycles. The molecule has 0 saturated heterocycles. The van der Waals surface area contributed by atoms with Gasteiger partial charge in [-0.3, -0.25) is 0 Å². The summed E-state index contributed by atoms with van der Waals surface area (Å²) in [6.07, 6.45) is 0. The van der Waals surface area contributed by atoms with E-state index in [1.54, 1.807) is 18.2 Å². The molecular weight excluding hydrogens is 233 g/mol. The molecule has 0 fully saturated rings. The molecule has 0 atom stereocenters. The molecule has 1 heterocycles. The Morgan fingerprint density at radius 2 is 2.00 bits per heavy atom. The second-order valence-corrected chi connectivity index (χ2v) is 3.71. The molecule has 13 heavy (non-hydrogen) atoms. The maximum atomic E-state index is 13.2. The molecule has 0 bridgehead atoms. The number of benzene rings is 1. The van der Waals surface area contributed by atoms with E-state index < -0.39 is 0 Å². The summed E-state index contributed by atoms with van der Waals surface area (Å²) in [7, 11) is 0. The molecule has 0 aliphatic rings. The molecule has 0 amide bonds. The summed E-state index contributed by atoms with van der Waals surface area (Å²) >= 11 is 3.26. The number of fused-ring (bicyclic) bond motifs is 1. The van der Waals surface area contributed by atoms with Crippen LogP contribution < -0.4 is 0 Å². The lowest BCUT2D eigenvalue weighted by molar-refractivity contribution is 0.639. The van der Waals surface area contributed by atoms with Crippen LogP contribution in [-0.2, 0) is 0 Å². The fourth-order valence-electron chi connectivity index (χ4n) is 1.30. The molecule has 2 aromatic rings. The van der Waals surface area contributed by atoms with Crippen LogP contribution in [0.5, 0.6) is 0 Å². The van der Waals surface area contributed by atoms with Crippen LogP contribution in [0.2, 0.25) is 0 Å². The van der Waals surface area contributed by atoms with Crippen LogP contribution in [0.1, 0.15) is 5.56 Å². The molecule has 1 nitrogen and oxygen atoms in total. The molecular formula is C10H7BrFN. The molecule has 1 aromatic carbocycles. The van der Waals surface area contributed by atoms with E-state index in [1.165, 1.54) is 6.07 Å². The molecule has 3 heteroatoms. The lowest BCUT2D eigenvalue weighted by atomic mass is 10.1. The van der Waals surface area contributed by atoms with Crippen molar-refractivity contribution in [2.24, 2.45) is 0 Å². The van der Waals surface area contributed by atoms with Crippen molar-refractivity contribution in [1.82, 2.24) is 4.98 Å². The van der Waals surface area contributed by atoms with Crippen molar-refractivity contribution >= 4 is 26.8 Å². The number of aryl methyl sites for hydroxylation is 1. The zero-order chi connectivity index (χ0) is 9.42. The van der Waals surface area contributed by atoms with Gasteiger partial charge in [-0.1, -0.05) is 6.07 Å². The SMILES string of the molecule is Cc1ccc(F)c2ccc(Br)nc12. The van der Waals surface area contributed by atoms with E-state index in [1.807, 2.05) is 6.92 Å². The van der Waals surface area contributed by atoms with Crippen LogP contribution in [0, 0.1) is 12.7 Å². The Labute approximate surface area is 83.7 Å². The minimum Gasteiger partial charge on any atom is -0.241 e. The van der Waals surface area contributed by atoms with Crippen LogP contribution in [0.3, 0.4) is 0 Å². The van der Waals surface area contributed by atoms with Gasteiger partial charge in [0.2, 0.25) is 0 Å². The lowest BCUT2D eigenvalue weighted by Gasteiger charge is -2.02. The fraction of sp³-hybridized carbons (Fsp3) is 0.100. The highest BCUT2D eigenvalue weighted by molar-refractivity contribution is 9.10. The van der Waals surface area contributed by atoms with Gasteiger partial charge in [0.15, 0.2) is 0 Å². The van der Waals surface area contributed by atoms with Crippen molar-refractivity contribution in [2.45, 2.75) is 6.92 Å². The molecule has 1 aromatic heterocycles. The Hall–Kier alpha value is -0.960. The highest BCUT2D eigenvalue weighted by atomic mass is 79.9. The molecule has 0 aliphatic heterocycles. The molecule has 0 saturated carbocycles. The Kier molecular flexibility index (Phi) is 2.04. The molecule has 2 rings (SSSR count). The third-order valence-corrected chi connectivity index (χ3v) is 2.41. The van der Waals surface area contributed by atoms with Crippen molar-refractivity contribution in [3.05, 3.63) is 40.2 Å². The minimum absolute atomic E-state index is 0.222. The summed E-state index contributed by atoms with van der Waals surface area (Å²) in [6, 6.07) is 6.67. The van der Waals surface area contributed by atoms with Gasteiger partial charge in [0.05, 0.1) is 5.52 Å². The monoisotopic (exact) mass is 239 g/mol. The van der Waals surface area contributed by atoms with Crippen molar-refractivity contribution in [3.8, 4) is 0 Å². The summed E-state index contributed by atoms with van der Waals surface area (Å²) in [5.41, 5.74) is 1.70. The first-order valence-electron chi connectivity index (χ1n) is 3.90. The van der Waals surface area contributed by atoms with Gasteiger partial charge in [0.1, 0.15) is 10.4 Å². The number of halogens is 2. The second kappa shape index (κ2) is 3.07. The first-order chi connectivity index (χ1) is 6.18. The van der Waals surface area contributed by atoms with Crippen molar-refractivity contribution in [1.29, 1.82) is 0 Å². The van der Waals surface area contributed by atoms with E-state index >= 15 is 0 Å². The van der Waals surface area contributed by atoms with E-state index in [2.05, 4.69) is 20.9 Å². The van der Waals surface area contributed by atoms with E-state index in [-0.39, 0.29) is 5.82 Å². The number of aromatic nitrogens is 1. The van der Waals surface area contributed by atoms with Crippen LogP contribution in [0.4, 0.5) is 4.39 Å². The first-order valence-corrected chi connectivity index (χ1v) is 4.69. The van der Waals surface area contributed by atoms with Crippen LogP contribution >= 0.6 is 15.9 Å². The topological polar surface area (TPSA) is 12.9 Å². The fourth-order valence-corrected chi connectivity index (χ4v) is 1.61. The average Bonchev–Trinajstić information content (AvgIpc) is 2.12. The van der Waals surface area contributed by atoms with Crippen LogP contribution in [0.25, 0.3) is 10.9 Å². The highest BCUT2D eigenvalue weighted by Gasteiger charge is 2.04. The number of hydrogen-bond acceptors (Lipinski definition) is 1. The third-order valence-electron chi connectivity index (χ3n) is 1.97. The van der Waals surface area contributed by atoms with Gasteiger partial charge in [-0.2, -0.15) is 0 Å². The van der Waals surface area contributed by atoms with Crippen molar-refractivity contribution in [3.63, 3.8) is 0 Å². The highest BCUT2D eigenvalue weighted by Crippen LogP contribution is 2.21. The summed E-state index contributed by atoms with van der Waals surface area (Å²) in [5.74, 6) is -0.222. The van der Waals surface area contributed by atoms with E-state index in [0.717, 1.165) is 15.7 Å². The maximum absolute atomic E-state index is 13.2. The van der Waals surface area contributed by atoms with E-state index in [9.17, 15) is 4.39 Å². The minimum atomic E-state index is -0.222. The quantitative estimate of drug-likeness (QED) is 0.642. The lowest BCUT2D eigenvalue weighted by Crippen LogP contribution is -1.87. The predicted molar refractivity (Wildman–Crippen MR) is 54.1 cm³/mol. The average molecular weight is 240 g/mol.